The summed E-state index contributed by atoms with van der Waals surface area (Å²) < 4.78 is 23.0. The molecule has 1 N–H and O–H groups in total. The van der Waals surface area contributed by atoms with Crippen LogP contribution in [-0.2, 0) is 32.2 Å². The van der Waals surface area contributed by atoms with Gasteiger partial charge in [-0.05, 0) is 35.4 Å². The largest absolute Gasteiger partial charge is 0.378 e. The number of hydrogen-bond acceptors (Lipinski definition) is 5. The maximum absolute atomic E-state index is 11.1. The first kappa shape index (κ1) is 24.8. The molecule has 4 atom stereocenters. The lowest BCUT2D eigenvalue weighted by Crippen LogP contribution is -2.49. The smallest absolute Gasteiger partial charge is 0.192 e. The van der Waals surface area contributed by atoms with Gasteiger partial charge in [-0.2, -0.15) is 0 Å². The van der Waals surface area contributed by atoms with E-state index in [1.54, 1.807) is 36.4 Å². The van der Waals surface area contributed by atoms with Crippen LogP contribution in [0.4, 0.5) is 0 Å². The fourth-order valence-corrected chi connectivity index (χ4v) is 4.26. The van der Waals surface area contributed by atoms with Crippen LogP contribution in [0.15, 0.2) is 49.1 Å². The van der Waals surface area contributed by atoms with Crippen molar-refractivity contribution in [1.82, 2.24) is 0 Å². The van der Waals surface area contributed by atoms with Gasteiger partial charge in [0.15, 0.2) is 11.9 Å². The Morgan fingerprint density at radius 2 is 1.61 bits per heavy atom. The van der Waals surface area contributed by atoms with Crippen molar-refractivity contribution in [1.29, 1.82) is 0 Å². The van der Waals surface area contributed by atoms with Crippen molar-refractivity contribution in [3.8, 4) is 0 Å². The van der Waals surface area contributed by atoms with Gasteiger partial charge >= 0.3 is 0 Å². The number of aliphatic hydroxyl groups is 1. The highest BCUT2D eigenvalue weighted by atomic mass is 35.5. The molecule has 1 aliphatic rings. The molecule has 168 valence electrons. The fourth-order valence-electron chi connectivity index (χ4n) is 3.34. The van der Waals surface area contributed by atoms with Crippen molar-refractivity contribution in [3.63, 3.8) is 0 Å². The molecule has 0 amide bonds. The zero-order valence-electron chi connectivity index (χ0n) is 16.7. The minimum absolute atomic E-state index is 0.119. The molecule has 1 aliphatic heterocycles. The van der Waals surface area contributed by atoms with E-state index in [9.17, 15) is 5.11 Å². The maximum atomic E-state index is 11.1. The lowest BCUT2D eigenvalue weighted by molar-refractivity contribution is -0.179. The number of benzene rings is 2. The van der Waals surface area contributed by atoms with Gasteiger partial charge in [-0.3, -0.25) is 0 Å². The van der Waals surface area contributed by atoms with E-state index < -0.39 is 24.1 Å². The van der Waals surface area contributed by atoms with Gasteiger partial charge in [0.2, 0.25) is 0 Å². The van der Waals surface area contributed by atoms with E-state index in [0.717, 1.165) is 5.56 Å². The molecular weight excluding hydrogens is 486 g/mol. The molecule has 2 aromatic rings. The van der Waals surface area contributed by atoms with Crippen molar-refractivity contribution >= 4 is 46.4 Å². The lowest BCUT2D eigenvalue weighted by atomic mass is 9.95. The third-order valence-corrected chi connectivity index (χ3v) is 6.17. The Morgan fingerprint density at radius 1 is 1.03 bits per heavy atom. The number of rotatable bonds is 9. The lowest BCUT2D eigenvalue weighted by Gasteiger charge is -2.30. The predicted octanol–water partition coefficient (Wildman–Crippen LogP) is 5.69. The van der Waals surface area contributed by atoms with E-state index in [0.29, 0.717) is 25.7 Å². The number of methoxy groups -OCH3 is 1. The molecule has 1 fully saturated rings. The second kappa shape index (κ2) is 10.8. The van der Waals surface area contributed by atoms with Gasteiger partial charge in [0.05, 0.1) is 19.8 Å². The van der Waals surface area contributed by atoms with Crippen LogP contribution >= 0.6 is 46.4 Å². The summed E-state index contributed by atoms with van der Waals surface area (Å²) in [6, 6.07) is 10.3. The van der Waals surface area contributed by atoms with Crippen LogP contribution in [0, 0.1) is 0 Å². The molecule has 3 rings (SSSR count). The zero-order chi connectivity index (χ0) is 22.6. The van der Waals surface area contributed by atoms with Crippen molar-refractivity contribution < 1.29 is 24.1 Å². The van der Waals surface area contributed by atoms with E-state index in [-0.39, 0.29) is 19.8 Å². The Kier molecular flexibility index (Phi) is 8.66. The molecule has 0 aromatic heterocycles. The van der Waals surface area contributed by atoms with E-state index >= 15 is 0 Å². The third kappa shape index (κ3) is 5.74. The van der Waals surface area contributed by atoms with Crippen molar-refractivity contribution in [2.45, 2.75) is 37.3 Å². The summed E-state index contributed by atoms with van der Waals surface area (Å²) in [7, 11) is 1.43. The normalized spacial score (nSPS) is 25.7. The maximum Gasteiger partial charge on any atom is 0.192 e. The SMILES string of the molecule is C=C[C@]1(O)C(OC)O[C@H](COCc2ccc(Cl)cc2Cl)[C@H]1OCc1ccc(Cl)cc1Cl. The Hall–Kier alpha value is -0.860. The number of ether oxygens (including phenoxy) is 4. The highest BCUT2D eigenvalue weighted by Gasteiger charge is 2.55. The van der Waals surface area contributed by atoms with Gasteiger partial charge in [-0.1, -0.05) is 71.2 Å². The summed E-state index contributed by atoms with van der Waals surface area (Å²) in [6.07, 6.45) is -1.07. The molecule has 5 nitrogen and oxygen atoms in total. The molecule has 1 heterocycles. The van der Waals surface area contributed by atoms with Crippen molar-refractivity contribution in [2.75, 3.05) is 13.7 Å². The third-order valence-electron chi connectivity index (χ3n) is 5.00. The van der Waals surface area contributed by atoms with Gasteiger partial charge in [0.1, 0.15) is 12.2 Å². The molecule has 1 unspecified atom stereocenters. The molecule has 2 aromatic carbocycles. The van der Waals surface area contributed by atoms with E-state index in [2.05, 4.69) is 6.58 Å². The van der Waals surface area contributed by atoms with Gasteiger partial charge in [0, 0.05) is 27.2 Å². The van der Waals surface area contributed by atoms with E-state index in [4.69, 9.17) is 65.4 Å². The fraction of sp³-hybridized carbons (Fsp3) is 0.364. The van der Waals surface area contributed by atoms with Crippen LogP contribution in [0.25, 0.3) is 0 Å². The summed E-state index contributed by atoms with van der Waals surface area (Å²) in [5, 5.41) is 13.2. The first-order valence-electron chi connectivity index (χ1n) is 9.40. The van der Waals surface area contributed by atoms with Crippen LogP contribution in [-0.4, -0.2) is 42.9 Å². The standard InChI is InChI=1S/C22H22Cl4O5/c1-3-22(27)20(30-11-14-5-7-16(24)9-18(14)26)19(31-21(22)28-2)12-29-10-13-4-6-15(23)8-17(13)25/h3-9,19-21,27H,1,10-12H2,2H3/t19-,20-,21?,22-/m1/s1. The Bertz CT molecular complexity index is 925. The number of halogens is 4. The second-order valence-electron chi connectivity index (χ2n) is 7.05. The Morgan fingerprint density at radius 3 is 2.13 bits per heavy atom. The van der Waals surface area contributed by atoms with E-state index in [1.807, 2.05) is 0 Å². The van der Waals surface area contributed by atoms with Crippen LogP contribution in [0.5, 0.6) is 0 Å². The summed E-state index contributed by atoms with van der Waals surface area (Å²) in [6.45, 7) is 4.20. The zero-order valence-corrected chi connectivity index (χ0v) is 19.7. The molecular formula is C22H22Cl4O5. The summed E-state index contributed by atoms with van der Waals surface area (Å²) in [4.78, 5) is 0. The molecule has 31 heavy (non-hydrogen) atoms. The minimum atomic E-state index is -1.58. The molecule has 9 heteroatoms. The summed E-state index contributed by atoms with van der Waals surface area (Å²) >= 11 is 24.3. The second-order valence-corrected chi connectivity index (χ2v) is 8.74. The van der Waals surface area contributed by atoms with E-state index in [1.165, 1.54) is 13.2 Å². The summed E-state index contributed by atoms with van der Waals surface area (Å²) in [5.74, 6) is 0. The Labute approximate surface area is 201 Å². The molecule has 0 spiro atoms. The molecule has 0 saturated carbocycles. The van der Waals surface area contributed by atoms with Crippen LogP contribution < -0.4 is 0 Å². The highest BCUT2D eigenvalue weighted by Crippen LogP contribution is 2.36. The number of hydrogen-bond donors (Lipinski definition) is 1. The van der Waals surface area contributed by atoms with Gasteiger partial charge in [-0.15, -0.1) is 0 Å². The van der Waals surface area contributed by atoms with Crippen LogP contribution in [0.1, 0.15) is 11.1 Å². The van der Waals surface area contributed by atoms with Crippen LogP contribution in [0.3, 0.4) is 0 Å². The predicted molar refractivity (Wildman–Crippen MR) is 122 cm³/mol. The average Bonchev–Trinajstić information content (AvgIpc) is 3.00. The minimum Gasteiger partial charge on any atom is -0.378 e. The molecule has 0 aliphatic carbocycles. The van der Waals surface area contributed by atoms with Crippen LogP contribution in [0.2, 0.25) is 20.1 Å². The first-order chi connectivity index (χ1) is 14.8. The molecule has 0 radical (unpaired) electrons. The van der Waals surface area contributed by atoms with Gasteiger partial charge < -0.3 is 24.1 Å². The quantitative estimate of drug-likeness (QED) is 0.442. The molecule has 1 saturated heterocycles. The summed E-state index contributed by atoms with van der Waals surface area (Å²) in [5.41, 5.74) is -0.0951. The average molecular weight is 508 g/mol. The van der Waals surface area contributed by atoms with Gasteiger partial charge in [-0.25, -0.2) is 0 Å². The topological polar surface area (TPSA) is 57.2 Å². The van der Waals surface area contributed by atoms with Crippen molar-refractivity contribution in [2.24, 2.45) is 0 Å². The Balaban J connectivity index is 1.71. The van der Waals surface area contributed by atoms with Gasteiger partial charge in [0.25, 0.3) is 0 Å². The van der Waals surface area contributed by atoms with Crippen molar-refractivity contribution in [3.05, 3.63) is 80.3 Å². The molecule has 0 bridgehead atoms. The monoisotopic (exact) mass is 506 g/mol. The highest BCUT2D eigenvalue weighted by molar-refractivity contribution is 6.35. The first-order valence-corrected chi connectivity index (χ1v) is 10.9.